The first-order valence-corrected chi connectivity index (χ1v) is 6.00. The third-order valence-electron chi connectivity index (χ3n) is 2.62. The maximum Gasteiger partial charge on any atom is 0.338 e. The van der Waals surface area contributed by atoms with Crippen LogP contribution >= 0.6 is 0 Å². The lowest BCUT2D eigenvalue weighted by Gasteiger charge is -2.06. The molecule has 4 nitrogen and oxygen atoms in total. The van der Waals surface area contributed by atoms with Gasteiger partial charge in [0.15, 0.2) is 0 Å². The number of hydrogen-bond donors (Lipinski definition) is 0. The Hall–Kier alpha value is -2.36. The van der Waals surface area contributed by atoms with Crippen LogP contribution in [0, 0.1) is 0 Å². The molecule has 19 heavy (non-hydrogen) atoms. The molecular formula is C15H15NO3. The first-order valence-electron chi connectivity index (χ1n) is 6.00. The van der Waals surface area contributed by atoms with E-state index in [2.05, 4.69) is 4.98 Å². The highest BCUT2D eigenvalue weighted by Crippen LogP contribution is 2.13. The van der Waals surface area contributed by atoms with Gasteiger partial charge in [-0.2, -0.15) is 0 Å². The highest BCUT2D eigenvalue weighted by Gasteiger charge is 2.08. The number of hydrogen-bond acceptors (Lipinski definition) is 4. The van der Waals surface area contributed by atoms with Crippen LogP contribution in [0.3, 0.4) is 0 Å². The van der Waals surface area contributed by atoms with Crippen molar-refractivity contribution in [2.24, 2.45) is 0 Å². The average Bonchev–Trinajstić information content (AvgIpc) is 2.48. The maximum atomic E-state index is 11.8. The van der Waals surface area contributed by atoms with Gasteiger partial charge in [0, 0.05) is 18.3 Å². The van der Waals surface area contributed by atoms with E-state index in [1.54, 1.807) is 37.6 Å². The molecule has 0 radical (unpaired) electrons. The Balaban J connectivity index is 1.87. The van der Waals surface area contributed by atoms with E-state index in [1.807, 2.05) is 18.2 Å². The number of esters is 1. The van der Waals surface area contributed by atoms with Gasteiger partial charge in [0.05, 0.1) is 19.3 Å². The van der Waals surface area contributed by atoms with Crippen LogP contribution in [0.2, 0.25) is 0 Å². The Morgan fingerprint density at radius 3 is 2.84 bits per heavy atom. The maximum absolute atomic E-state index is 11.8. The molecule has 4 heteroatoms. The normalized spacial score (nSPS) is 9.95. The van der Waals surface area contributed by atoms with Gasteiger partial charge in [-0.25, -0.2) is 4.79 Å². The van der Waals surface area contributed by atoms with Gasteiger partial charge in [0.25, 0.3) is 0 Å². The molecule has 0 amide bonds. The Morgan fingerprint density at radius 2 is 2.11 bits per heavy atom. The molecule has 1 heterocycles. The number of benzene rings is 1. The zero-order valence-corrected chi connectivity index (χ0v) is 10.7. The van der Waals surface area contributed by atoms with Gasteiger partial charge in [-0.15, -0.1) is 0 Å². The lowest BCUT2D eigenvalue weighted by molar-refractivity contribution is 0.0508. The van der Waals surface area contributed by atoms with Crippen molar-refractivity contribution in [1.29, 1.82) is 0 Å². The summed E-state index contributed by atoms with van der Waals surface area (Å²) >= 11 is 0. The smallest absolute Gasteiger partial charge is 0.338 e. The number of carbonyl (C=O) groups excluding carboxylic acids is 1. The summed E-state index contributed by atoms with van der Waals surface area (Å²) in [6.07, 6.45) is 2.33. The molecule has 0 unspecified atom stereocenters. The first-order chi connectivity index (χ1) is 9.29. The molecule has 1 aromatic carbocycles. The van der Waals surface area contributed by atoms with Crippen molar-refractivity contribution >= 4 is 5.97 Å². The minimum atomic E-state index is -0.352. The Kier molecular flexibility index (Phi) is 4.50. The lowest BCUT2D eigenvalue weighted by atomic mass is 10.2. The minimum absolute atomic E-state index is 0.313. The van der Waals surface area contributed by atoms with Gasteiger partial charge >= 0.3 is 5.97 Å². The minimum Gasteiger partial charge on any atom is -0.497 e. The fourth-order valence-corrected chi connectivity index (χ4v) is 1.63. The van der Waals surface area contributed by atoms with E-state index in [1.165, 1.54) is 0 Å². The van der Waals surface area contributed by atoms with Crippen LogP contribution in [-0.2, 0) is 11.2 Å². The van der Waals surface area contributed by atoms with Crippen molar-refractivity contribution in [3.8, 4) is 5.75 Å². The van der Waals surface area contributed by atoms with Crippen molar-refractivity contribution in [2.75, 3.05) is 13.7 Å². The molecule has 98 valence electrons. The highest BCUT2D eigenvalue weighted by atomic mass is 16.5. The number of rotatable bonds is 5. The van der Waals surface area contributed by atoms with Crippen molar-refractivity contribution in [3.05, 3.63) is 59.9 Å². The SMILES string of the molecule is COc1cccc(C(=O)OCCc2ccccn2)c1. The Morgan fingerprint density at radius 1 is 1.21 bits per heavy atom. The van der Waals surface area contributed by atoms with Gasteiger partial charge in [-0.1, -0.05) is 12.1 Å². The molecule has 0 aliphatic carbocycles. The molecule has 0 saturated heterocycles. The van der Waals surface area contributed by atoms with Gasteiger partial charge in [0.2, 0.25) is 0 Å². The number of nitrogens with zero attached hydrogens (tertiary/aromatic N) is 1. The van der Waals surface area contributed by atoms with Gasteiger partial charge in [-0.3, -0.25) is 4.98 Å². The van der Waals surface area contributed by atoms with Crippen molar-refractivity contribution in [1.82, 2.24) is 4.98 Å². The summed E-state index contributed by atoms with van der Waals surface area (Å²) in [5.74, 6) is 0.286. The molecule has 0 saturated carbocycles. The molecule has 0 aliphatic rings. The van der Waals surface area contributed by atoms with Gasteiger partial charge in [-0.05, 0) is 30.3 Å². The van der Waals surface area contributed by atoms with E-state index in [4.69, 9.17) is 9.47 Å². The zero-order chi connectivity index (χ0) is 13.5. The summed E-state index contributed by atoms with van der Waals surface area (Å²) in [5.41, 5.74) is 1.39. The third-order valence-corrected chi connectivity index (χ3v) is 2.62. The summed E-state index contributed by atoms with van der Waals surface area (Å²) < 4.78 is 10.3. The molecule has 0 aliphatic heterocycles. The van der Waals surface area contributed by atoms with E-state index >= 15 is 0 Å². The van der Waals surface area contributed by atoms with Gasteiger partial charge < -0.3 is 9.47 Å². The molecule has 2 rings (SSSR count). The lowest BCUT2D eigenvalue weighted by Crippen LogP contribution is -2.08. The fourth-order valence-electron chi connectivity index (χ4n) is 1.63. The number of pyridine rings is 1. The molecule has 0 N–H and O–H groups in total. The molecule has 0 spiro atoms. The molecule has 0 atom stereocenters. The largest absolute Gasteiger partial charge is 0.497 e. The van der Waals surface area contributed by atoms with E-state index in [-0.39, 0.29) is 5.97 Å². The van der Waals surface area contributed by atoms with Crippen LogP contribution in [0.1, 0.15) is 16.1 Å². The van der Waals surface area contributed by atoms with E-state index in [0.717, 1.165) is 5.69 Å². The monoisotopic (exact) mass is 257 g/mol. The summed E-state index contributed by atoms with van der Waals surface area (Å²) in [6.45, 7) is 0.313. The highest BCUT2D eigenvalue weighted by molar-refractivity contribution is 5.89. The summed E-state index contributed by atoms with van der Waals surface area (Å²) in [7, 11) is 1.56. The van der Waals surface area contributed by atoms with E-state index in [9.17, 15) is 4.79 Å². The van der Waals surface area contributed by atoms with Crippen LogP contribution in [0.25, 0.3) is 0 Å². The Bertz CT molecular complexity index is 540. The molecule has 0 bridgehead atoms. The van der Waals surface area contributed by atoms with E-state index < -0.39 is 0 Å². The Labute approximate surface area is 112 Å². The van der Waals surface area contributed by atoms with Crippen LogP contribution in [0.5, 0.6) is 5.75 Å². The van der Waals surface area contributed by atoms with Crippen LogP contribution in [0.15, 0.2) is 48.7 Å². The van der Waals surface area contributed by atoms with Crippen molar-refractivity contribution < 1.29 is 14.3 Å². The predicted octanol–water partition coefficient (Wildman–Crippen LogP) is 2.49. The number of carbonyl (C=O) groups is 1. The zero-order valence-electron chi connectivity index (χ0n) is 10.7. The average molecular weight is 257 g/mol. The molecular weight excluding hydrogens is 242 g/mol. The quantitative estimate of drug-likeness (QED) is 0.772. The van der Waals surface area contributed by atoms with Crippen LogP contribution in [-0.4, -0.2) is 24.7 Å². The second-order valence-electron chi connectivity index (χ2n) is 3.94. The topological polar surface area (TPSA) is 48.4 Å². The van der Waals surface area contributed by atoms with Crippen molar-refractivity contribution in [2.45, 2.75) is 6.42 Å². The summed E-state index contributed by atoms with van der Waals surface area (Å²) in [5, 5.41) is 0. The van der Waals surface area contributed by atoms with Crippen LogP contribution in [0.4, 0.5) is 0 Å². The number of methoxy groups -OCH3 is 1. The third kappa shape index (κ3) is 3.81. The second-order valence-corrected chi connectivity index (χ2v) is 3.94. The first kappa shape index (κ1) is 13.1. The second kappa shape index (κ2) is 6.54. The summed E-state index contributed by atoms with van der Waals surface area (Å²) in [4.78, 5) is 16.0. The van der Waals surface area contributed by atoms with Crippen LogP contribution < -0.4 is 4.74 Å². The van der Waals surface area contributed by atoms with Gasteiger partial charge in [0.1, 0.15) is 5.75 Å². The van der Waals surface area contributed by atoms with Crippen molar-refractivity contribution in [3.63, 3.8) is 0 Å². The number of aromatic nitrogens is 1. The molecule has 1 aromatic heterocycles. The molecule has 2 aromatic rings. The molecule has 0 fully saturated rings. The standard InChI is InChI=1S/C15H15NO3/c1-18-14-7-4-5-12(11-14)15(17)19-10-8-13-6-2-3-9-16-13/h2-7,9,11H,8,10H2,1H3. The summed E-state index contributed by atoms with van der Waals surface area (Å²) in [6, 6.07) is 12.6. The number of ether oxygens (including phenoxy) is 2. The predicted molar refractivity (Wildman–Crippen MR) is 71.2 cm³/mol. The van der Waals surface area contributed by atoms with E-state index in [0.29, 0.717) is 24.3 Å². The fraction of sp³-hybridized carbons (Fsp3) is 0.200.